The first-order chi connectivity index (χ1) is 9.14. The minimum absolute atomic E-state index is 0. The molecule has 0 N–H and O–H groups in total. The van der Waals surface area contributed by atoms with Gasteiger partial charge in [0.25, 0.3) is 0 Å². The molecule has 1 aromatic heterocycles. The Balaban J connectivity index is 0.00000147. The number of aromatic nitrogens is 1. The summed E-state index contributed by atoms with van der Waals surface area (Å²) in [7, 11) is 0. The molecular weight excluding hydrogens is 350 g/mol. The van der Waals surface area contributed by atoms with Crippen molar-refractivity contribution in [3.8, 4) is 11.3 Å². The molecule has 1 fully saturated rings. The summed E-state index contributed by atoms with van der Waals surface area (Å²) in [6.07, 6.45) is 2.52. The zero-order valence-electron chi connectivity index (χ0n) is 11.8. The van der Waals surface area contributed by atoms with Crippen molar-refractivity contribution in [1.29, 1.82) is 0 Å². The number of hydrogen-bond acceptors (Lipinski definition) is 3. The van der Waals surface area contributed by atoms with E-state index < -0.39 is 0 Å². The van der Waals surface area contributed by atoms with Crippen LogP contribution in [0.25, 0.3) is 11.3 Å². The molecule has 1 aliphatic heterocycles. The highest BCUT2D eigenvalue weighted by molar-refractivity contribution is 8.93. The van der Waals surface area contributed by atoms with Crippen molar-refractivity contribution in [3.63, 3.8) is 0 Å². The number of thiazole rings is 1. The van der Waals surface area contributed by atoms with Crippen LogP contribution in [0.1, 0.15) is 37.6 Å². The lowest BCUT2D eigenvalue weighted by Crippen LogP contribution is -2.24. The summed E-state index contributed by atoms with van der Waals surface area (Å²) in [6.45, 7) is 4.71. The third kappa shape index (κ3) is 3.66. The van der Waals surface area contributed by atoms with Crippen LogP contribution in [0.2, 0.25) is 0 Å². The SMILES string of the molecule is Br.CC1(C)CC(c2nc(-c3ccccc3)cs2)CCS1. The van der Waals surface area contributed by atoms with Crippen molar-refractivity contribution < 1.29 is 0 Å². The average molecular weight is 370 g/mol. The van der Waals surface area contributed by atoms with E-state index in [0.29, 0.717) is 10.7 Å². The van der Waals surface area contributed by atoms with Crippen molar-refractivity contribution in [2.45, 2.75) is 37.4 Å². The molecule has 0 saturated carbocycles. The molecule has 4 heteroatoms. The minimum Gasteiger partial charge on any atom is -0.241 e. The van der Waals surface area contributed by atoms with Crippen molar-refractivity contribution in [3.05, 3.63) is 40.7 Å². The van der Waals surface area contributed by atoms with Crippen LogP contribution in [0.5, 0.6) is 0 Å². The topological polar surface area (TPSA) is 12.9 Å². The highest BCUT2D eigenvalue weighted by Gasteiger charge is 2.30. The minimum atomic E-state index is 0. The molecule has 0 radical (unpaired) electrons. The summed E-state index contributed by atoms with van der Waals surface area (Å²) in [5.74, 6) is 1.91. The Kier molecular flexibility index (Phi) is 5.32. The summed E-state index contributed by atoms with van der Waals surface area (Å²) in [4.78, 5) is 4.88. The van der Waals surface area contributed by atoms with Gasteiger partial charge in [-0.15, -0.1) is 28.3 Å². The maximum Gasteiger partial charge on any atom is 0.0964 e. The summed E-state index contributed by atoms with van der Waals surface area (Å²) in [5.41, 5.74) is 2.37. The lowest BCUT2D eigenvalue weighted by molar-refractivity contribution is 0.504. The average Bonchev–Trinajstić information content (AvgIpc) is 2.88. The van der Waals surface area contributed by atoms with E-state index in [9.17, 15) is 0 Å². The molecule has 1 unspecified atom stereocenters. The van der Waals surface area contributed by atoms with Crippen LogP contribution in [0, 0.1) is 0 Å². The summed E-state index contributed by atoms with van der Waals surface area (Å²) in [6, 6.07) is 10.5. The zero-order chi connectivity index (χ0) is 13.3. The number of rotatable bonds is 2. The van der Waals surface area contributed by atoms with Crippen molar-refractivity contribution in [1.82, 2.24) is 4.98 Å². The third-order valence-corrected chi connectivity index (χ3v) is 6.03. The second-order valence-corrected chi connectivity index (χ2v) is 8.43. The third-order valence-electron chi connectivity index (χ3n) is 3.64. The van der Waals surface area contributed by atoms with Gasteiger partial charge in [-0.3, -0.25) is 0 Å². The molecule has 108 valence electrons. The summed E-state index contributed by atoms with van der Waals surface area (Å²) in [5, 5.41) is 3.53. The van der Waals surface area contributed by atoms with E-state index in [1.807, 2.05) is 11.3 Å². The van der Waals surface area contributed by atoms with E-state index in [0.717, 1.165) is 5.69 Å². The Morgan fingerprint density at radius 1 is 1.20 bits per heavy atom. The van der Waals surface area contributed by atoms with Gasteiger partial charge in [0, 0.05) is 21.6 Å². The fourth-order valence-electron chi connectivity index (χ4n) is 2.66. The monoisotopic (exact) mass is 369 g/mol. The maximum atomic E-state index is 4.88. The Morgan fingerprint density at radius 3 is 2.65 bits per heavy atom. The second kappa shape index (κ2) is 6.63. The number of nitrogens with zero attached hydrogens (tertiary/aromatic N) is 1. The first-order valence-electron chi connectivity index (χ1n) is 6.79. The highest BCUT2D eigenvalue weighted by atomic mass is 79.9. The van der Waals surface area contributed by atoms with Crippen LogP contribution in [0.15, 0.2) is 35.7 Å². The number of thioether (sulfide) groups is 1. The van der Waals surface area contributed by atoms with E-state index in [2.05, 4.69) is 61.3 Å². The van der Waals surface area contributed by atoms with Gasteiger partial charge in [0.2, 0.25) is 0 Å². The van der Waals surface area contributed by atoms with Crippen LogP contribution < -0.4 is 0 Å². The second-order valence-electron chi connectivity index (χ2n) is 5.73. The predicted octanol–water partition coefficient (Wildman–Crippen LogP) is 5.78. The molecule has 1 aliphatic rings. The molecule has 1 atom stereocenters. The molecule has 1 nitrogen and oxygen atoms in total. The molecule has 2 heterocycles. The Morgan fingerprint density at radius 2 is 1.95 bits per heavy atom. The number of halogens is 1. The molecule has 20 heavy (non-hydrogen) atoms. The van der Waals surface area contributed by atoms with Crippen LogP contribution in [-0.2, 0) is 0 Å². The molecule has 0 bridgehead atoms. The fraction of sp³-hybridized carbons (Fsp3) is 0.438. The zero-order valence-corrected chi connectivity index (χ0v) is 15.2. The standard InChI is InChI=1S/C16H19NS2.BrH/c1-16(2)10-13(8-9-19-16)15-17-14(11-18-15)12-6-4-3-5-7-12;/h3-7,11,13H,8-10H2,1-2H3;1H. The molecule has 2 aromatic rings. The summed E-state index contributed by atoms with van der Waals surface area (Å²) < 4.78 is 0.404. The number of hydrogen-bond donors (Lipinski definition) is 0. The highest BCUT2D eigenvalue weighted by Crippen LogP contribution is 2.44. The van der Waals surface area contributed by atoms with Crippen molar-refractivity contribution in [2.24, 2.45) is 0 Å². The smallest absolute Gasteiger partial charge is 0.0964 e. The van der Waals surface area contributed by atoms with E-state index >= 15 is 0 Å². The normalized spacial score (nSPS) is 21.2. The van der Waals surface area contributed by atoms with E-state index in [1.165, 1.54) is 29.2 Å². The van der Waals surface area contributed by atoms with E-state index in [1.54, 1.807) is 0 Å². The van der Waals surface area contributed by atoms with Gasteiger partial charge < -0.3 is 0 Å². The van der Waals surface area contributed by atoms with E-state index in [-0.39, 0.29) is 17.0 Å². The largest absolute Gasteiger partial charge is 0.241 e. The van der Waals surface area contributed by atoms with Gasteiger partial charge in [-0.2, -0.15) is 11.8 Å². The van der Waals surface area contributed by atoms with Crippen LogP contribution in [0.3, 0.4) is 0 Å². The lowest BCUT2D eigenvalue weighted by Gasteiger charge is -2.33. The van der Waals surface area contributed by atoms with Crippen LogP contribution >= 0.6 is 40.1 Å². The molecule has 1 saturated heterocycles. The quantitative estimate of drug-likeness (QED) is 0.665. The van der Waals surface area contributed by atoms with E-state index in [4.69, 9.17) is 4.98 Å². The molecule has 1 aromatic carbocycles. The Bertz CT molecular complexity index is 551. The maximum absolute atomic E-state index is 4.88. The molecule has 0 aliphatic carbocycles. The first-order valence-corrected chi connectivity index (χ1v) is 8.65. The summed E-state index contributed by atoms with van der Waals surface area (Å²) >= 11 is 3.93. The van der Waals surface area contributed by atoms with Crippen molar-refractivity contribution in [2.75, 3.05) is 5.75 Å². The molecule has 0 amide bonds. The number of benzene rings is 1. The van der Waals surface area contributed by atoms with Gasteiger partial charge in [-0.05, 0) is 18.6 Å². The molecule has 3 rings (SSSR count). The lowest BCUT2D eigenvalue weighted by atomic mass is 9.94. The van der Waals surface area contributed by atoms with Gasteiger partial charge in [0.1, 0.15) is 0 Å². The first kappa shape index (κ1) is 16.1. The van der Waals surface area contributed by atoms with Gasteiger partial charge in [0.15, 0.2) is 0 Å². The van der Waals surface area contributed by atoms with Gasteiger partial charge in [-0.25, -0.2) is 4.98 Å². The predicted molar refractivity (Wildman–Crippen MR) is 96.4 cm³/mol. The van der Waals surface area contributed by atoms with Gasteiger partial charge >= 0.3 is 0 Å². The Hall–Kier alpha value is -0.320. The van der Waals surface area contributed by atoms with Gasteiger partial charge in [0.05, 0.1) is 10.7 Å². The fourth-order valence-corrected chi connectivity index (χ4v) is 4.90. The van der Waals surface area contributed by atoms with Gasteiger partial charge in [-0.1, -0.05) is 44.2 Å². The molecule has 0 spiro atoms. The van der Waals surface area contributed by atoms with Crippen LogP contribution in [0.4, 0.5) is 0 Å². The van der Waals surface area contributed by atoms with Crippen molar-refractivity contribution >= 4 is 40.1 Å². The van der Waals surface area contributed by atoms with Crippen LogP contribution in [-0.4, -0.2) is 15.5 Å². The molecular formula is C16H20BrNS2. The Labute approximate surface area is 140 Å².